The minimum absolute atomic E-state index is 0.238. The molecule has 1 aliphatic rings. The molecule has 2 rings (SSSR count). The summed E-state index contributed by atoms with van der Waals surface area (Å²) in [6, 6.07) is 0. The number of ether oxygens (including phenoxy) is 1. The highest BCUT2D eigenvalue weighted by Gasteiger charge is 2.23. The molecule has 0 aliphatic carbocycles. The minimum Gasteiger partial charge on any atom is -0.489 e. The van der Waals surface area contributed by atoms with Gasteiger partial charge < -0.3 is 19.5 Å². The van der Waals surface area contributed by atoms with Crippen molar-refractivity contribution in [3.05, 3.63) is 16.7 Å². The van der Waals surface area contributed by atoms with Crippen LogP contribution in [0.1, 0.15) is 6.42 Å². The molecule has 1 unspecified atom stereocenters. The fourth-order valence-corrected chi connectivity index (χ4v) is 2.48. The standard InChI is InChI=1S/C12H20N4O2/c1-15-5-4-9(6-15)7-16(2)11-10(18-3)12(17)14-8-13-11/h8-9H,4-7H2,1-3H3,(H,13,14,17). The molecule has 1 saturated heterocycles. The van der Waals surface area contributed by atoms with Gasteiger partial charge in [0.15, 0.2) is 5.82 Å². The van der Waals surface area contributed by atoms with Crippen LogP contribution in [0, 0.1) is 5.92 Å². The summed E-state index contributed by atoms with van der Waals surface area (Å²) >= 11 is 0. The van der Waals surface area contributed by atoms with Gasteiger partial charge in [-0.15, -0.1) is 0 Å². The van der Waals surface area contributed by atoms with Gasteiger partial charge in [0.2, 0.25) is 5.75 Å². The number of nitrogens with one attached hydrogen (secondary N) is 1. The van der Waals surface area contributed by atoms with Gasteiger partial charge in [-0.2, -0.15) is 0 Å². The van der Waals surface area contributed by atoms with Gasteiger partial charge >= 0.3 is 0 Å². The van der Waals surface area contributed by atoms with E-state index in [-0.39, 0.29) is 11.3 Å². The second-order valence-electron chi connectivity index (χ2n) is 4.89. The third-order valence-electron chi connectivity index (χ3n) is 3.38. The Hall–Kier alpha value is -1.56. The zero-order chi connectivity index (χ0) is 13.1. The van der Waals surface area contributed by atoms with Crippen molar-refractivity contribution in [1.29, 1.82) is 0 Å². The topological polar surface area (TPSA) is 61.5 Å². The molecule has 1 aliphatic heterocycles. The van der Waals surface area contributed by atoms with Gasteiger partial charge in [-0.25, -0.2) is 4.98 Å². The van der Waals surface area contributed by atoms with Crippen LogP contribution in [-0.4, -0.2) is 55.7 Å². The number of anilines is 1. The van der Waals surface area contributed by atoms with Crippen molar-refractivity contribution in [2.45, 2.75) is 6.42 Å². The third kappa shape index (κ3) is 2.64. The maximum atomic E-state index is 11.6. The highest BCUT2D eigenvalue weighted by molar-refractivity contribution is 5.49. The molecule has 0 radical (unpaired) electrons. The lowest BCUT2D eigenvalue weighted by Crippen LogP contribution is -2.29. The van der Waals surface area contributed by atoms with E-state index in [9.17, 15) is 4.79 Å². The predicted molar refractivity (Wildman–Crippen MR) is 70.3 cm³/mol. The Morgan fingerprint density at radius 1 is 1.67 bits per heavy atom. The average molecular weight is 252 g/mol. The van der Waals surface area contributed by atoms with Crippen LogP contribution in [-0.2, 0) is 0 Å². The van der Waals surface area contributed by atoms with E-state index in [1.54, 1.807) is 0 Å². The largest absolute Gasteiger partial charge is 0.489 e. The van der Waals surface area contributed by atoms with Crippen molar-refractivity contribution in [2.75, 3.05) is 45.7 Å². The smallest absolute Gasteiger partial charge is 0.295 e. The molecule has 0 bridgehead atoms. The zero-order valence-corrected chi connectivity index (χ0v) is 11.1. The van der Waals surface area contributed by atoms with E-state index in [1.165, 1.54) is 19.9 Å². The first kappa shape index (κ1) is 12.9. The summed E-state index contributed by atoms with van der Waals surface area (Å²) in [6.45, 7) is 3.12. The van der Waals surface area contributed by atoms with Crippen molar-refractivity contribution < 1.29 is 4.74 Å². The Kier molecular flexibility index (Phi) is 3.86. The molecular weight excluding hydrogens is 232 g/mol. The van der Waals surface area contributed by atoms with E-state index < -0.39 is 0 Å². The first-order valence-corrected chi connectivity index (χ1v) is 6.13. The number of hydrogen-bond acceptors (Lipinski definition) is 5. The number of aromatic amines is 1. The number of H-pyrrole nitrogens is 1. The number of aromatic nitrogens is 2. The van der Waals surface area contributed by atoms with Crippen LogP contribution in [0.4, 0.5) is 5.82 Å². The molecule has 100 valence electrons. The quantitative estimate of drug-likeness (QED) is 0.827. The van der Waals surface area contributed by atoms with Crippen LogP contribution in [0.5, 0.6) is 5.75 Å². The second kappa shape index (κ2) is 5.39. The van der Waals surface area contributed by atoms with E-state index in [0.29, 0.717) is 11.7 Å². The van der Waals surface area contributed by atoms with Crippen molar-refractivity contribution in [3.8, 4) is 5.75 Å². The molecule has 18 heavy (non-hydrogen) atoms. The lowest BCUT2D eigenvalue weighted by molar-refractivity contribution is 0.392. The van der Waals surface area contributed by atoms with E-state index in [1.807, 2.05) is 11.9 Å². The van der Waals surface area contributed by atoms with Gasteiger partial charge in [-0.05, 0) is 25.9 Å². The number of methoxy groups -OCH3 is 1. The van der Waals surface area contributed by atoms with Crippen molar-refractivity contribution in [3.63, 3.8) is 0 Å². The second-order valence-corrected chi connectivity index (χ2v) is 4.89. The van der Waals surface area contributed by atoms with Crippen molar-refractivity contribution in [2.24, 2.45) is 5.92 Å². The fourth-order valence-electron chi connectivity index (χ4n) is 2.48. The van der Waals surface area contributed by atoms with Gasteiger partial charge in [-0.3, -0.25) is 4.79 Å². The van der Waals surface area contributed by atoms with Gasteiger partial charge in [0, 0.05) is 20.1 Å². The maximum absolute atomic E-state index is 11.6. The molecule has 6 nitrogen and oxygen atoms in total. The Balaban J connectivity index is 2.11. The predicted octanol–water partition coefficient (Wildman–Crippen LogP) is 0.166. The molecule has 0 spiro atoms. The van der Waals surface area contributed by atoms with E-state index in [4.69, 9.17) is 4.74 Å². The third-order valence-corrected chi connectivity index (χ3v) is 3.38. The number of likely N-dealkylation sites (tertiary alicyclic amines) is 1. The van der Waals surface area contributed by atoms with Gasteiger partial charge in [-0.1, -0.05) is 0 Å². The summed E-state index contributed by atoms with van der Waals surface area (Å²) in [6.07, 6.45) is 2.60. The molecule has 1 aromatic heterocycles. The van der Waals surface area contributed by atoms with Crippen molar-refractivity contribution >= 4 is 5.82 Å². The summed E-state index contributed by atoms with van der Waals surface area (Å²) < 4.78 is 5.12. The zero-order valence-electron chi connectivity index (χ0n) is 11.1. The van der Waals surface area contributed by atoms with E-state index in [2.05, 4.69) is 21.9 Å². The Labute approximate surface area is 107 Å². The lowest BCUT2D eigenvalue weighted by Gasteiger charge is -2.23. The summed E-state index contributed by atoms with van der Waals surface area (Å²) in [5, 5.41) is 0. The molecule has 2 heterocycles. The van der Waals surface area contributed by atoms with Crippen LogP contribution in [0.3, 0.4) is 0 Å². The molecule has 1 fully saturated rings. The normalized spacial score (nSPS) is 20.1. The SMILES string of the molecule is COc1c(N(C)CC2CCN(C)C2)nc[nH]c1=O. The van der Waals surface area contributed by atoms with Gasteiger partial charge in [0.05, 0.1) is 13.4 Å². The van der Waals surface area contributed by atoms with Crippen LogP contribution in [0.25, 0.3) is 0 Å². The highest BCUT2D eigenvalue weighted by atomic mass is 16.5. The Bertz CT molecular complexity index is 460. The Morgan fingerprint density at radius 3 is 3.06 bits per heavy atom. The van der Waals surface area contributed by atoms with Crippen LogP contribution >= 0.6 is 0 Å². The van der Waals surface area contributed by atoms with Gasteiger partial charge in [0.1, 0.15) is 0 Å². The van der Waals surface area contributed by atoms with Crippen LogP contribution < -0.4 is 15.2 Å². The molecule has 1 aromatic rings. The van der Waals surface area contributed by atoms with Crippen LogP contribution in [0.2, 0.25) is 0 Å². The number of hydrogen-bond donors (Lipinski definition) is 1. The first-order valence-electron chi connectivity index (χ1n) is 6.13. The molecule has 1 atom stereocenters. The molecule has 1 N–H and O–H groups in total. The first-order chi connectivity index (χ1) is 8.61. The summed E-state index contributed by atoms with van der Waals surface area (Å²) in [5.41, 5.74) is -0.238. The van der Waals surface area contributed by atoms with Crippen LogP contribution in [0.15, 0.2) is 11.1 Å². The Morgan fingerprint density at radius 2 is 2.44 bits per heavy atom. The van der Waals surface area contributed by atoms with Gasteiger partial charge in [0.25, 0.3) is 5.56 Å². The summed E-state index contributed by atoms with van der Waals surface area (Å²) in [4.78, 5) is 22.7. The van der Waals surface area contributed by atoms with E-state index in [0.717, 1.165) is 19.6 Å². The van der Waals surface area contributed by atoms with E-state index >= 15 is 0 Å². The molecule has 0 aromatic carbocycles. The van der Waals surface area contributed by atoms with Crippen molar-refractivity contribution in [1.82, 2.24) is 14.9 Å². The average Bonchev–Trinajstić information content (AvgIpc) is 2.74. The molecule has 0 amide bonds. The lowest BCUT2D eigenvalue weighted by atomic mass is 10.1. The number of nitrogens with zero attached hydrogens (tertiary/aromatic N) is 3. The highest BCUT2D eigenvalue weighted by Crippen LogP contribution is 2.22. The summed E-state index contributed by atoms with van der Waals surface area (Å²) in [7, 11) is 5.57. The molecule has 0 saturated carbocycles. The monoisotopic (exact) mass is 252 g/mol. The molecular formula is C12H20N4O2. The fraction of sp³-hybridized carbons (Fsp3) is 0.667. The number of rotatable bonds is 4. The molecule has 6 heteroatoms. The summed E-state index contributed by atoms with van der Waals surface area (Å²) in [5.74, 6) is 1.51. The maximum Gasteiger partial charge on any atom is 0.295 e. The minimum atomic E-state index is -0.238.